The van der Waals surface area contributed by atoms with Crippen molar-refractivity contribution < 1.29 is 19.2 Å². The summed E-state index contributed by atoms with van der Waals surface area (Å²) in [5.74, 6) is -0.167. The third kappa shape index (κ3) is 4.25. The minimum Gasteiger partial charge on any atom is -0.497 e. The van der Waals surface area contributed by atoms with Crippen LogP contribution in [0.25, 0.3) is 0 Å². The zero-order valence-electron chi connectivity index (χ0n) is 16.8. The zero-order chi connectivity index (χ0) is 21.7. The molecule has 0 spiro atoms. The third-order valence-corrected chi connectivity index (χ3v) is 4.84. The van der Waals surface area contributed by atoms with Gasteiger partial charge in [0.2, 0.25) is 0 Å². The number of hydrogen-bond acceptors (Lipinski definition) is 6. The van der Waals surface area contributed by atoms with Gasteiger partial charge in [-0.1, -0.05) is 36.9 Å². The smallest absolute Gasteiger partial charge is 0.337 e. The fourth-order valence-corrected chi connectivity index (χ4v) is 3.34. The predicted octanol–water partition coefficient (Wildman–Crippen LogP) is 4.72. The molecule has 7 heteroatoms. The first-order chi connectivity index (χ1) is 14.5. The minimum atomic E-state index is -0.465. The first kappa shape index (κ1) is 20.9. The van der Waals surface area contributed by atoms with Gasteiger partial charge in [-0.25, -0.2) is 4.79 Å². The second-order valence-electron chi connectivity index (χ2n) is 6.63. The fourth-order valence-electron chi connectivity index (χ4n) is 3.34. The minimum absolute atomic E-state index is 0.00645. The van der Waals surface area contributed by atoms with Crippen LogP contribution in [0.2, 0.25) is 0 Å². The predicted molar refractivity (Wildman–Crippen MR) is 114 cm³/mol. The first-order valence-corrected chi connectivity index (χ1v) is 9.31. The number of ether oxygens (including phenoxy) is 2. The summed E-state index contributed by atoms with van der Waals surface area (Å²) in [7, 11) is 1.59. The Kier molecular flexibility index (Phi) is 6.32. The summed E-state index contributed by atoms with van der Waals surface area (Å²) in [5, 5.41) is 11.0. The number of nitro groups is 1. The number of carbonyl (C=O) groups excluding carboxylic acids is 1. The molecule has 0 aliphatic carbocycles. The van der Waals surface area contributed by atoms with Crippen LogP contribution in [0.5, 0.6) is 5.75 Å². The molecule has 30 heavy (non-hydrogen) atoms. The highest BCUT2D eigenvalue weighted by Gasteiger charge is 2.30. The molecule has 2 aromatic carbocycles. The van der Waals surface area contributed by atoms with Gasteiger partial charge in [0, 0.05) is 41.7 Å². The van der Waals surface area contributed by atoms with Crippen LogP contribution in [-0.4, -0.2) is 24.6 Å². The monoisotopic (exact) mass is 406 g/mol. The van der Waals surface area contributed by atoms with Gasteiger partial charge in [0.25, 0.3) is 5.69 Å². The van der Waals surface area contributed by atoms with Crippen LogP contribution in [0.1, 0.15) is 18.4 Å². The molecule has 1 aliphatic heterocycles. The van der Waals surface area contributed by atoms with Gasteiger partial charge in [0.1, 0.15) is 12.4 Å². The summed E-state index contributed by atoms with van der Waals surface area (Å²) in [6.07, 6.45) is 5.26. The molecule has 1 aliphatic rings. The van der Waals surface area contributed by atoms with Gasteiger partial charge < -0.3 is 14.4 Å². The molecule has 0 aromatic heterocycles. The molecule has 0 unspecified atom stereocenters. The number of nitro benzene ring substituents is 1. The molecule has 154 valence electrons. The summed E-state index contributed by atoms with van der Waals surface area (Å²) in [5.41, 5.74) is 2.73. The lowest BCUT2D eigenvalue weighted by Crippen LogP contribution is -2.26. The van der Waals surface area contributed by atoms with Crippen LogP contribution < -0.4 is 9.64 Å². The van der Waals surface area contributed by atoms with E-state index >= 15 is 0 Å². The van der Waals surface area contributed by atoms with Crippen LogP contribution in [0, 0.1) is 10.1 Å². The Balaban J connectivity index is 2.04. The average molecular weight is 406 g/mol. The van der Waals surface area contributed by atoms with E-state index in [-0.39, 0.29) is 12.3 Å². The molecule has 2 aromatic rings. The topological polar surface area (TPSA) is 81.9 Å². The van der Waals surface area contributed by atoms with Crippen molar-refractivity contribution in [2.75, 3.05) is 18.6 Å². The van der Waals surface area contributed by atoms with Gasteiger partial charge in [-0.3, -0.25) is 10.1 Å². The lowest BCUT2D eigenvalue weighted by atomic mass is 9.87. The second-order valence-corrected chi connectivity index (χ2v) is 6.63. The maximum Gasteiger partial charge on any atom is 0.337 e. The van der Waals surface area contributed by atoms with Crippen molar-refractivity contribution in [1.82, 2.24) is 0 Å². The molecular weight excluding hydrogens is 384 g/mol. The number of allylic oxidation sites excluding steroid dienone is 2. The van der Waals surface area contributed by atoms with Crippen LogP contribution in [0.3, 0.4) is 0 Å². The average Bonchev–Trinajstić information content (AvgIpc) is 2.77. The van der Waals surface area contributed by atoms with E-state index in [0.717, 1.165) is 11.3 Å². The second kappa shape index (κ2) is 9.09. The third-order valence-electron chi connectivity index (χ3n) is 4.84. The van der Waals surface area contributed by atoms with Crippen molar-refractivity contribution in [3.8, 4) is 5.75 Å². The van der Waals surface area contributed by atoms with E-state index in [2.05, 4.69) is 6.58 Å². The number of esters is 1. The Hall–Kier alpha value is -3.87. The molecular formula is C23H22N2O5. The molecule has 1 atom stereocenters. The number of anilines is 1. The maximum atomic E-state index is 12.9. The van der Waals surface area contributed by atoms with Gasteiger partial charge >= 0.3 is 5.97 Å². The number of hydrogen-bond donors (Lipinski definition) is 0. The van der Waals surface area contributed by atoms with E-state index in [1.807, 2.05) is 48.4 Å². The van der Waals surface area contributed by atoms with Crippen molar-refractivity contribution in [3.63, 3.8) is 0 Å². The summed E-state index contributed by atoms with van der Waals surface area (Å²) in [4.78, 5) is 25.3. The van der Waals surface area contributed by atoms with Gasteiger partial charge in [-0.05, 0) is 24.6 Å². The molecule has 1 heterocycles. The lowest BCUT2D eigenvalue weighted by molar-refractivity contribution is -0.384. The summed E-state index contributed by atoms with van der Waals surface area (Å²) < 4.78 is 10.6. The SMILES string of the molecule is C=CCOC(=O)C1=C(C)N(c2cccc(OC)c2)C=C[C@@H]1c1ccc([N+](=O)[O-])cc1. The zero-order valence-corrected chi connectivity index (χ0v) is 16.8. The van der Waals surface area contributed by atoms with E-state index in [9.17, 15) is 14.9 Å². The van der Waals surface area contributed by atoms with Crippen LogP contribution in [0.15, 0.2) is 84.7 Å². The number of methoxy groups -OCH3 is 1. The molecule has 0 bridgehead atoms. The molecule has 0 radical (unpaired) electrons. The Bertz CT molecular complexity index is 1020. The quantitative estimate of drug-likeness (QED) is 0.286. The highest BCUT2D eigenvalue weighted by Crippen LogP contribution is 2.37. The summed E-state index contributed by atoms with van der Waals surface area (Å²) in [6, 6.07) is 13.7. The highest BCUT2D eigenvalue weighted by atomic mass is 16.6. The van der Waals surface area contributed by atoms with Crippen molar-refractivity contribution in [1.29, 1.82) is 0 Å². The van der Waals surface area contributed by atoms with Crippen LogP contribution in [-0.2, 0) is 9.53 Å². The molecule has 0 fully saturated rings. The maximum absolute atomic E-state index is 12.9. The summed E-state index contributed by atoms with van der Waals surface area (Å²) in [6.45, 7) is 5.51. The van der Waals surface area contributed by atoms with E-state index in [0.29, 0.717) is 17.0 Å². The standard InChI is InChI=1S/C23H22N2O5/c1-4-14-30-23(26)22-16(2)24(19-6-5-7-20(15-19)29-3)13-12-21(22)17-8-10-18(11-9-17)25(27)28/h4-13,15,21H,1,14H2,2-3H3/t21-/m1/s1. The van der Waals surface area contributed by atoms with Crippen LogP contribution in [0.4, 0.5) is 11.4 Å². The van der Waals surface area contributed by atoms with E-state index in [1.54, 1.807) is 19.2 Å². The Labute approximate surface area is 174 Å². The molecule has 7 nitrogen and oxygen atoms in total. The number of non-ortho nitro benzene ring substituents is 1. The van der Waals surface area contributed by atoms with E-state index < -0.39 is 16.8 Å². The van der Waals surface area contributed by atoms with E-state index in [4.69, 9.17) is 9.47 Å². The Morgan fingerprint density at radius 3 is 2.63 bits per heavy atom. The highest BCUT2D eigenvalue weighted by molar-refractivity contribution is 5.93. The first-order valence-electron chi connectivity index (χ1n) is 9.31. The number of benzene rings is 2. The number of nitrogens with zero attached hydrogens (tertiary/aromatic N) is 2. The summed E-state index contributed by atoms with van der Waals surface area (Å²) >= 11 is 0. The Morgan fingerprint density at radius 2 is 2.00 bits per heavy atom. The van der Waals surface area contributed by atoms with Crippen molar-refractivity contribution in [3.05, 3.63) is 100 Å². The molecule has 0 saturated carbocycles. The van der Waals surface area contributed by atoms with Gasteiger partial charge in [-0.15, -0.1) is 0 Å². The molecule has 0 amide bonds. The van der Waals surface area contributed by atoms with Crippen molar-refractivity contribution in [2.24, 2.45) is 0 Å². The van der Waals surface area contributed by atoms with Crippen molar-refractivity contribution in [2.45, 2.75) is 12.8 Å². The molecule has 0 N–H and O–H groups in total. The van der Waals surface area contributed by atoms with Gasteiger partial charge in [-0.2, -0.15) is 0 Å². The lowest BCUT2D eigenvalue weighted by Gasteiger charge is -2.31. The largest absolute Gasteiger partial charge is 0.497 e. The van der Waals surface area contributed by atoms with Crippen molar-refractivity contribution >= 4 is 17.3 Å². The number of rotatable bonds is 7. The Morgan fingerprint density at radius 1 is 1.27 bits per heavy atom. The van der Waals surface area contributed by atoms with Gasteiger partial charge in [0.05, 0.1) is 17.6 Å². The van der Waals surface area contributed by atoms with Crippen LogP contribution >= 0.6 is 0 Å². The normalized spacial score (nSPS) is 15.7. The van der Waals surface area contributed by atoms with E-state index in [1.165, 1.54) is 18.2 Å². The molecule has 3 rings (SSSR count). The molecule has 0 saturated heterocycles. The number of carbonyl (C=O) groups is 1. The fraction of sp³-hybridized carbons (Fsp3) is 0.174. The van der Waals surface area contributed by atoms with Gasteiger partial charge in [0.15, 0.2) is 0 Å².